The highest BCUT2D eigenvalue weighted by atomic mass is 35.5. The van der Waals surface area contributed by atoms with Crippen LogP contribution in [-0.4, -0.2) is 30.6 Å². The fourth-order valence-corrected chi connectivity index (χ4v) is 2.70. The summed E-state index contributed by atoms with van der Waals surface area (Å²) < 4.78 is 5.11. The lowest BCUT2D eigenvalue weighted by atomic mass is 9.95. The predicted molar refractivity (Wildman–Crippen MR) is 84.8 cm³/mol. The molecule has 1 aliphatic rings. The number of amides is 2. The first-order chi connectivity index (χ1) is 10.4. The lowest BCUT2D eigenvalue weighted by Crippen LogP contribution is -2.46. The van der Waals surface area contributed by atoms with Crippen molar-refractivity contribution >= 4 is 35.2 Å². The predicted octanol–water partition coefficient (Wildman–Crippen LogP) is 3.53. The lowest BCUT2D eigenvalue weighted by Gasteiger charge is -2.33. The Morgan fingerprint density at radius 3 is 2.73 bits per heavy atom. The molecule has 2 rings (SSSR count). The van der Waals surface area contributed by atoms with Gasteiger partial charge in [0, 0.05) is 12.7 Å². The average molecular weight is 343 g/mol. The van der Waals surface area contributed by atoms with E-state index in [0.717, 1.165) is 0 Å². The SMILES string of the molecule is CCOC(=O)C1=C(C)N(C)C(=O)NC1c1cccc(Cl)c1Cl. The van der Waals surface area contributed by atoms with Crippen molar-refractivity contribution in [1.29, 1.82) is 0 Å². The Morgan fingerprint density at radius 1 is 1.41 bits per heavy atom. The van der Waals surface area contributed by atoms with E-state index in [1.165, 1.54) is 4.90 Å². The van der Waals surface area contributed by atoms with Crippen molar-refractivity contribution in [3.05, 3.63) is 45.1 Å². The molecule has 0 saturated heterocycles. The van der Waals surface area contributed by atoms with Crippen molar-refractivity contribution < 1.29 is 14.3 Å². The first-order valence-electron chi connectivity index (χ1n) is 6.74. The molecule has 0 spiro atoms. The van der Waals surface area contributed by atoms with Crippen molar-refractivity contribution in [3.8, 4) is 0 Å². The van der Waals surface area contributed by atoms with Crippen molar-refractivity contribution in [1.82, 2.24) is 10.2 Å². The zero-order valence-electron chi connectivity index (χ0n) is 12.4. The molecule has 1 unspecified atom stereocenters. The molecule has 118 valence electrons. The minimum Gasteiger partial charge on any atom is -0.463 e. The molecule has 1 heterocycles. The van der Waals surface area contributed by atoms with Gasteiger partial charge in [-0.1, -0.05) is 35.3 Å². The van der Waals surface area contributed by atoms with Crippen LogP contribution in [0.2, 0.25) is 10.0 Å². The van der Waals surface area contributed by atoms with E-state index in [9.17, 15) is 9.59 Å². The second-order valence-electron chi connectivity index (χ2n) is 4.80. The maximum absolute atomic E-state index is 12.3. The second-order valence-corrected chi connectivity index (χ2v) is 5.59. The number of halogens is 2. The summed E-state index contributed by atoms with van der Waals surface area (Å²) in [5.74, 6) is -0.493. The average Bonchev–Trinajstić information content (AvgIpc) is 2.47. The van der Waals surface area contributed by atoms with Crippen LogP contribution >= 0.6 is 23.2 Å². The van der Waals surface area contributed by atoms with Gasteiger partial charge in [-0.25, -0.2) is 9.59 Å². The minimum absolute atomic E-state index is 0.239. The van der Waals surface area contributed by atoms with Crippen LogP contribution in [0.25, 0.3) is 0 Å². The molecule has 0 saturated carbocycles. The van der Waals surface area contributed by atoms with E-state index in [2.05, 4.69) is 5.32 Å². The fourth-order valence-electron chi connectivity index (χ4n) is 2.29. The fraction of sp³-hybridized carbons (Fsp3) is 0.333. The third-order valence-electron chi connectivity index (χ3n) is 3.54. The highest BCUT2D eigenvalue weighted by Gasteiger charge is 2.36. The van der Waals surface area contributed by atoms with Crippen LogP contribution in [0.1, 0.15) is 25.5 Å². The standard InChI is InChI=1S/C15H16Cl2N2O3/c1-4-22-14(20)11-8(2)19(3)15(21)18-13(11)9-6-5-7-10(16)12(9)17/h5-7,13H,4H2,1-3H3,(H,18,21). The van der Waals surface area contributed by atoms with Crippen LogP contribution in [-0.2, 0) is 9.53 Å². The largest absolute Gasteiger partial charge is 0.463 e. The third-order valence-corrected chi connectivity index (χ3v) is 4.38. The van der Waals surface area contributed by atoms with Crippen LogP contribution in [0, 0.1) is 0 Å². The summed E-state index contributed by atoms with van der Waals surface area (Å²) in [7, 11) is 1.58. The van der Waals surface area contributed by atoms with Crippen molar-refractivity contribution in [2.24, 2.45) is 0 Å². The molecule has 0 radical (unpaired) electrons. The van der Waals surface area contributed by atoms with Gasteiger partial charge in [0.25, 0.3) is 0 Å². The Balaban J connectivity index is 2.58. The molecule has 0 bridgehead atoms. The van der Waals surface area contributed by atoms with Gasteiger partial charge in [0.05, 0.1) is 28.3 Å². The summed E-state index contributed by atoms with van der Waals surface area (Å²) in [6.45, 7) is 3.65. The lowest BCUT2D eigenvalue weighted by molar-refractivity contribution is -0.139. The Bertz CT molecular complexity index is 658. The molecular weight excluding hydrogens is 327 g/mol. The van der Waals surface area contributed by atoms with Gasteiger partial charge in [-0.05, 0) is 25.5 Å². The number of hydrogen-bond donors (Lipinski definition) is 1. The second kappa shape index (κ2) is 6.58. The van der Waals surface area contributed by atoms with Gasteiger partial charge in [-0.15, -0.1) is 0 Å². The highest BCUT2D eigenvalue weighted by Crippen LogP contribution is 2.37. The van der Waals surface area contributed by atoms with Crippen LogP contribution in [0.15, 0.2) is 29.5 Å². The summed E-state index contributed by atoms with van der Waals surface area (Å²) in [6.07, 6.45) is 0. The normalized spacial score (nSPS) is 18.3. The number of nitrogens with zero attached hydrogens (tertiary/aromatic N) is 1. The summed E-state index contributed by atoms with van der Waals surface area (Å²) >= 11 is 12.3. The summed E-state index contributed by atoms with van der Waals surface area (Å²) in [4.78, 5) is 25.7. The molecule has 1 aliphatic heterocycles. The number of nitrogens with one attached hydrogen (secondary N) is 1. The van der Waals surface area contributed by atoms with E-state index in [0.29, 0.717) is 26.9 Å². The Labute approximate surface area is 138 Å². The van der Waals surface area contributed by atoms with Crippen LogP contribution < -0.4 is 5.32 Å². The zero-order chi connectivity index (χ0) is 16.4. The topological polar surface area (TPSA) is 58.6 Å². The maximum Gasteiger partial charge on any atom is 0.338 e. The zero-order valence-corrected chi connectivity index (χ0v) is 14.0. The van der Waals surface area contributed by atoms with Gasteiger partial charge in [0.15, 0.2) is 0 Å². The van der Waals surface area contributed by atoms with E-state index >= 15 is 0 Å². The first-order valence-corrected chi connectivity index (χ1v) is 7.50. The molecule has 1 aromatic carbocycles. The molecule has 0 fully saturated rings. The number of carbonyl (C=O) groups excluding carboxylic acids is 2. The summed E-state index contributed by atoms with van der Waals surface area (Å²) in [5.41, 5.74) is 1.41. The Morgan fingerprint density at radius 2 is 2.09 bits per heavy atom. The maximum atomic E-state index is 12.3. The van der Waals surface area contributed by atoms with E-state index in [-0.39, 0.29) is 12.6 Å². The summed E-state index contributed by atoms with van der Waals surface area (Å²) in [6, 6.07) is 4.05. The van der Waals surface area contributed by atoms with E-state index in [1.807, 2.05) is 0 Å². The van der Waals surface area contributed by atoms with Crippen molar-refractivity contribution in [3.63, 3.8) is 0 Å². The van der Waals surface area contributed by atoms with E-state index in [1.54, 1.807) is 39.1 Å². The number of benzene rings is 1. The van der Waals surface area contributed by atoms with Gasteiger partial charge in [0.1, 0.15) is 0 Å². The highest BCUT2D eigenvalue weighted by molar-refractivity contribution is 6.42. The van der Waals surface area contributed by atoms with Gasteiger partial charge >= 0.3 is 12.0 Å². The molecule has 1 aromatic rings. The monoisotopic (exact) mass is 342 g/mol. The molecular formula is C15H16Cl2N2O3. The van der Waals surface area contributed by atoms with Crippen LogP contribution in [0.5, 0.6) is 0 Å². The van der Waals surface area contributed by atoms with Gasteiger partial charge in [-0.3, -0.25) is 0 Å². The molecule has 5 nitrogen and oxygen atoms in total. The minimum atomic E-state index is -0.700. The number of rotatable bonds is 3. The molecule has 1 atom stereocenters. The van der Waals surface area contributed by atoms with Gasteiger partial charge < -0.3 is 15.0 Å². The van der Waals surface area contributed by atoms with E-state index in [4.69, 9.17) is 27.9 Å². The van der Waals surface area contributed by atoms with Crippen LogP contribution in [0.3, 0.4) is 0 Å². The Hall–Kier alpha value is -1.72. The van der Waals surface area contributed by atoms with Gasteiger partial charge in [0.2, 0.25) is 0 Å². The number of esters is 1. The summed E-state index contributed by atoms with van der Waals surface area (Å²) in [5, 5.41) is 3.41. The van der Waals surface area contributed by atoms with Crippen LogP contribution in [0.4, 0.5) is 4.79 Å². The quantitative estimate of drug-likeness (QED) is 0.855. The van der Waals surface area contributed by atoms with Crippen molar-refractivity contribution in [2.75, 3.05) is 13.7 Å². The van der Waals surface area contributed by atoms with E-state index < -0.39 is 12.0 Å². The first kappa shape index (κ1) is 16.6. The molecule has 22 heavy (non-hydrogen) atoms. The third kappa shape index (κ3) is 2.91. The molecule has 7 heteroatoms. The molecule has 0 aromatic heterocycles. The number of urea groups is 1. The Kier molecular flexibility index (Phi) is 4.98. The number of carbonyl (C=O) groups is 2. The van der Waals surface area contributed by atoms with Gasteiger partial charge in [-0.2, -0.15) is 0 Å². The molecule has 2 amide bonds. The molecule has 1 N–H and O–H groups in total. The smallest absolute Gasteiger partial charge is 0.338 e. The number of allylic oxidation sites excluding steroid dienone is 1. The number of ether oxygens (including phenoxy) is 1. The molecule has 0 aliphatic carbocycles. The number of hydrogen-bond acceptors (Lipinski definition) is 3. The van der Waals surface area contributed by atoms with Crippen molar-refractivity contribution in [2.45, 2.75) is 19.9 Å².